The minimum atomic E-state index is -0.726. The largest absolute Gasteiger partial charge is 0.349 e. The summed E-state index contributed by atoms with van der Waals surface area (Å²) in [6.45, 7) is 6.72. The number of likely N-dealkylation sites (N-methyl/N-ethyl adjacent to an activating group) is 1. The molecule has 0 aliphatic carbocycles. The quantitative estimate of drug-likeness (QED) is 0.673. The van der Waals surface area contributed by atoms with Gasteiger partial charge in [-0.25, -0.2) is 0 Å². The van der Waals surface area contributed by atoms with Crippen molar-refractivity contribution in [3.05, 3.63) is 0 Å². The Hall–Kier alpha value is -1.92. The van der Waals surface area contributed by atoms with E-state index in [4.69, 9.17) is 0 Å². The summed E-state index contributed by atoms with van der Waals surface area (Å²) in [5.41, 5.74) is 0. The highest BCUT2D eigenvalue weighted by atomic mass is 16.2. The lowest BCUT2D eigenvalue weighted by molar-refractivity contribution is -0.139. The number of carbonyl (C=O) groups excluding carboxylic acids is 4. The van der Waals surface area contributed by atoms with E-state index in [0.29, 0.717) is 6.42 Å². The third kappa shape index (κ3) is 7.57. The van der Waals surface area contributed by atoms with Gasteiger partial charge < -0.3 is 15.1 Å². The Labute approximate surface area is 144 Å². The van der Waals surface area contributed by atoms with Crippen molar-refractivity contribution in [2.24, 2.45) is 5.92 Å². The fourth-order valence-electron chi connectivity index (χ4n) is 2.24. The van der Waals surface area contributed by atoms with Crippen LogP contribution in [0.15, 0.2) is 0 Å². The van der Waals surface area contributed by atoms with Gasteiger partial charge in [0.2, 0.25) is 17.7 Å². The summed E-state index contributed by atoms with van der Waals surface area (Å²) >= 11 is 0. The summed E-state index contributed by atoms with van der Waals surface area (Å²) in [6, 6.07) is -1.36. The molecule has 0 aromatic heterocycles. The maximum Gasteiger partial charge on any atom is 0.243 e. The number of ketones is 1. The third-order valence-corrected chi connectivity index (χ3v) is 3.91. The first-order valence-corrected chi connectivity index (χ1v) is 8.21. The number of carbonyl (C=O) groups is 4. The van der Waals surface area contributed by atoms with E-state index < -0.39 is 12.1 Å². The molecule has 1 N–H and O–H groups in total. The van der Waals surface area contributed by atoms with E-state index in [1.165, 1.54) is 23.6 Å². The highest BCUT2D eigenvalue weighted by molar-refractivity contribution is 5.92. The van der Waals surface area contributed by atoms with Gasteiger partial charge >= 0.3 is 0 Å². The normalized spacial score (nSPS) is 13.2. The van der Waals surface area contributed by atoms with E-state index >= 15 is 0 Å². The number of nitrogens with zero attached hydrogens (tertiary/aromatic N) is 2. The van der Waals surface area contributed by atoms with E-state index in [-0.39, 0.29) is 42.3 Å². The predicted octanol–water partition coefficient (Wildman–Crippen LogP) is 0.822. The summed E-state index contributed by atoms with van der Waals surface area (Å²) in [4.78, 5) is 50.5. The molecule has 0 radical (unpaired) electrons. The molecule has 0 saturated heterocycles. The fourth-order valence-corrected chi connectivity index (χ4v) is 2.24. The molecule has 24 heavy (non-hydrogen) atoms. The Balaban J connectivity index is 5.01. The smallest absolute Gasteiger partial charge is 0.243 e. The zero-order valence-corrected chi connectivity index (χ0v) is 15.9. The van der Waals surface area contributed by atoms with E-state index in [2.05, 4.69) is 5.32 Å². The maximum absolute atomic E-state index is 12.6. The molecule has 0 aliphatic heterocycles. The average Bonchev–Trinajstić information content (AvgIpc) is 2.46. The number of nitrogens with one attached hydrogen (secondary N) is 1. The van der Waals surface area contributed by atoms with Crippen LogP contribution in [-0.4, -0.2) is 66.5 Å². The number of amides is 3. The number of Topliss-reactive ketones (excluding diaryl/α,β-unsaturated/α-hetero) is 1. The van der Waals surface area contributed by atoms with Gasteiger partial charge in [0.15, 0.2) is 5.78 Å². The van der Waals surface area contributed by atoms with Gasteiger partial charge in [0.1, 0.15) is 6.04 Å². The summed E-state index contributed by atoms with van der Waals surface area (Å²) in [5, 5.41) is 2.70. The SMILES string of the molecule is CC(=O)C(CCC(=O)N(C)C)NC(=O)[C@H](CC(C)C)N(C)C(C)=O. The molecular weight excluding hydrogens is 310 g/mol. The van der Waals surface area contributed by atoms with Gasteiger partial charge in [0.25, 0.3) is 0 Å². The summed E-state index contributed by atoms with van der Waals surface area (Å²) < 4.78 is 0. The Morgan fingerprint density at radius 3 is 1.92 bits per heavy atom. The van der Waals surface area contributed by atoms with Crippen LogP contribution >= 0.6 is 0 Å². The van der Waals surface area contributed by atoms with Crippen molar-refractivity contribution in [3.8, 4) is 0 Å². The van der Waals surface area contributed by atoms with Crippen LogP contribution in [0.25, 0.3) is 0 Å². The molecule has 7 nitrogen and oxygen atoms in total. The molecule has 0 heterocycles. The van der Waals surface area contributed by atoms with Crippen molar-refractivity contribution >= 4 is 23.5 Å². The highest BCUT2D eigenvalue weighted by Gasteiger charge is 2.29. The van der Waals surface area contributed by atoms with Crippen LogP contribution in [0.3, 0.4) is 0 Å². The van der Waals surface area contributed by atoms with Gasteiger partial charge in [-0.1, -0.05) is 13.8 Å². The van der Waals surface area contributed by atoms with Crippen LogP contribution in [0.1, 0.15) is 47.0 Å². The van der Waals surface area contributed by atoms with Gasteiger partial charge in [-0.3, -0.25) is 19.2 Å². The first-order chi connectivity index (χ1) is 11.0. The predicted molar refractivity (Wildman–Crippen MR) is 92.2 cm³/mol. The molecule has 0 saturated carbocycles. The van der Waals surface area contributed by atoms with E-state index in [0.717, 1.165) is 0 Å². The van der Waals surface area contributed by atoms with E-state index in [1.807, 2.05) is 13.8 Å². The molecule has 0 bridgehead atoms. The van der Waals surface area contributed by atoms with Gasteiger partial charge in [0.05, 0.1) is 6.04 Å². The molecule has 2 atom stereocenters. The number of rotatable bonds is 9. The molecule has 0 aliphatic rings. The standard InChI is InChI=1S/C17H31N3O4/c1-11(2)10-15(20(7)13(4)22)17(24)18-14(12(3)21)8-9-16(23)19(5)6/h11,14-15H,8-10H2,1-7H3,(H,18,24)/t14?,15-/m0/s1. The van der Waals surface area contributed by atoms with Crippen LogP contribution in [0.5, 0.6) is 0 Å². The van der Waals surface area contributed by atoms with Gasteiger partial charge in [-0.15, -0.1) is 0 Å². The van der Waals surface area contributed by atoms with Gasteiger partial charge in [-0.05, 0) is 25.7 Å². The van der Waals surface area contributed by atoms with Crippen LogP contribution in [-0.2, 0) is 19.2 Å². The monoisotopic (exact) mass is 341 g/mol. The summed E-state index contributed by atoms with van der Waals surface area (Å²) in [6.07, 6.45) is 0.925. The molecule has 0 fully saturated rings. The molecule has 1 unspecified atom stereocenters. The van der Waals surface area contributed by atoms with Crippen LogP contribution < -0.4 is 5.32 Å². The zero-order valence-electron chi connectivity index (χ0n) is 15.9. The lowest BCUT2D eigenvalue weighted by Crippen LogP contribution is -2.52. The van der Waals surface area contributed by atoms with Crippen LogP contribution in [0.2, 0.25) is 0 Å². The van der Waals surface area contributed by atoms with E-state index in [1.54, 1.807) is 21.1 Å². The second kappa shape index (κ2) is 10.1. The number of hydrogen-bond acceptors (Lipinski definition) is 4. The Morgan fingerprint density at radius 1 is 1.00 bits per heavy atom. The minimum absolute atomic E-state index is 0.102. The van der Waals surface area contributed by atoms with Crippen molar-refractivity contribution in [1.82, 2.24) is 15.1 Å². The Morgan fingerprint density at radius 2 is 1.54 bits per heavy atom. The molecule has 7 heteroatoms. The summed E-state index contributed by atoms with van der Waals surface area (Å²) in [5.74, 6) is -0.663. The molecule has 138 valence electrons. The topological polar surface area (TPSA) is 86.8 Å². The zero-order chi connectivity index (χ0) is 19.0. The molecule has 3 amide bonds. The lowest BCUT2D eigenvalue weighted by Gasteiger charge is -2.29. The second-order valence-corrected chi connectivity index (χ2v) is 6.77. The van der Waals surface area contributed by atoms with Crippen LogP contribution in [0, 0.1) is 5.92 Å². The van der Waals surface area contributed by atoms with Gasteiger partial charge in [0, 0.05) is 34.5 Å². The fraction of sp³-hybridized carbons (Fsp3) is 0.765. The summed E-state index contributed by atoms with van der Waals surface area (Å²) in [7, 11) is 4.86. The Kier molecular flexibility index (Phi) is 9.25. The lowest BCUT2D eigenvalue weighted by atomic mass is 10.0. The molecule has 0 rings (SSSR count). The van der Waals surface area contributed by atoms with Crippen molar-refractivity contribution in [2.75, 3.05) is 21.1 Å². The van der Waals surface area contributed by atoms with Crippen molar-refractivity contribution in [2.45, 2.75) is 59.0 Å². The molecule has 0 aromatic carbocycles. The van der Waals surface area contributed by atoms with E-state index in [9.17, 15) is 19.2 Å². The van der Waals surface area contributed by atoms with Crippen molar-refractivity contribution in [3.63, 3.8) is 0 Å². The van der Waals surface area contributed by atoms with Crippen LogP contribution in [0.4, 0.5) is 0 Å². The highest BCUT2D eigenvalue weighted by Crippen LogP contribution is 2.12. The Bertz CT molecular complexity index is 474. The maximum atomic E-state index is 12.6. The number of hydrogen-bond donors (Lipinski definition) is 1. The minimum Gasteiger partial charge on any atom is -0.349 e. The molecule has 0 spiro atoms. The first-order valence-electron chi connectivity index (χ1n) is 8.21. The average molecular weight is 341 g/mol. The molecule has 0 aromatic rings. The third-order valence-electron chi connectivity index (χ3n) is 3.91. The van der Waals surface area contributed by atoms with Crippen molar-refractivity contribution in [1.29, 1.82) is 0 Å². The van der Waals surface area contributed by atoms with Crippen molar-refractivity contribution < 1.29 is 19.2 Å². The van der Waals surface area contributed by atoms with Gasteiger partial charge in [-0.2, -0.15) is 0 Å². The first kappa shape index (κ1) is 22.1. The molecular formula is C17H31N3O4. The second-order valence-electron chi connectivity index (χ2n) is 6.77.